The van der Waals surface area contributed by atoms with Gasteiger partial charge in [-0.25, -0.2) is 0 Å². The summed E-state index contributed by atoms with van der Waals surface area (Å²) in [6, 6.07) is 10.1. The predicted molar refractivity (Wildman–Crippen MR) is 68.3 cm³/mol. The van der Waals surface area contributed by atoms with Crippen LogP contribution in [0.3, 0.4) is 0 Å². The van der Waals surface area contributed by atoms with E-state index in [1.54, 1.807) is 0 Å². The third-order valence-corrected chi connectivity index (χ3v) is 3.08. The molecule has 0 spiro atoms. The Bertz CT molecular complexity index is 420. The van der Waals surface area contributed by atoms with Gasteiger partial charge < -0.3 is 9.84 Å². The molecule has 0 amide bonds. The lowest BCUT2D eigenvalue weighted by atomic mass is 9.92. The first-order chi connectivity index (χ1) is 8.22. The highest BCUT2D eigenvalue weighted by Gasteiger charge is 2.22. The van der Waals surface area contributed by atoms with Crippen LogP contribution in [0.5, 0.6) is 0 Å². The summed E-state index contributed by atoms with van der Waals surface area (Å²) in [6.07, 6.45) is 6.99. The molecule has 0 aromatic heterocycles. The van der Waals surface area contributed by atoms with Crippen LogP contribution < -0.4 is 0 Å². The quantitative estimate of drug-likeness (QED) is 0.860. The van der Waals surface area contributed by atoms with Gasteiger partial charge >= 0.3 is 0 Å². The molecule has 2 heteroatoms. The molecule has 2 rings (SSSR count). The Kier molecular flexibility index (Phi) is 3.64. The Hall–Kier alpha value is -1.54. The molecule has 0 aliphatic heterocycles. The van der Waals surface area contributed by atoms with Crippen LogP contribution >= 0.6 is 0 Å². The maximum atomic E-state index is 10.00. The first-order valence-corrected chi connectivity index (χ1v) is 6.00. The van der Waals surface area contributed by atoms with Gasteiger partial charge in [-0.05, 0) is 30.2 Å². The van der Waals surface area contributed by atoms with E-state index in [1.807, 2.05) is 55.5 Å². The number of benzene rings is 1. The van der Waals surface area contributed by atoms with Gasteiger partial charge in [-0.2, -0.15) is 0 Å². The topological polar surface area (TPSA) is 29.5 Å². The molecule has 1 aliphatic carbocycles. The Balaban J connectivity index is 1.89. The van der Waals surface area contributed by atoms with Gasteiger partial charge in [-0.1, -0.05) is 37.3 Å². The molecule has 1 atom stereocenters. The lowest BCUT2D eigenvalue weighted by molar-refractivity contribution is 0.0842. The van der Waals surface area contributed by atoms with E-state index in [2.05, 4.69) is 0 Å². The van der Waals surface area contributed by atoms with Crippen molar-refractivity contribution in [2.24, 2.45) is 0 Å². The summed E-state index contributed by atoms with van der Waals surface area (Å²) >= 11 is 0. The number of hydrogen-bond donors (Lipinski definition) is 1. The van der Waals surface area contributed by atoms with Crippen molar-refractivity contribution in [3.8, 4) is 0 Å². The van der Waals surface area contributed by atoms with E-state index in [0.717, 1.165) is 17.7 Å². The molecule has 0 fully saturated rings. The van der Waals surface area contributed by atoms with Gasteiger partial charge in [0.2, 0.25) is 0 Å². The molecule has 1 aromatic carbocycles. The van der Waals surface area contributed by atoms with Crippen LogP contribution in [0.2, 0.25) is 0 Å². The molecule has 1 aliphatic rings. The number of rotatable bonds is 4. The molecule has 17 heavy (non-hydrogen) atoms. The van der Waals surface area contributed by atoms with Crippen molar-refractivity contribution in [2.45, 2.75) is 32.0 Å². The summed E-state index contributed by atoms with van der Waals surface area (Å²) in [4.78, 5) is 0. The van der Waals surface area contributed by atoms with Crippen molar-refractivity contribution < 1.29 is 9.84 Å². The molecule has 2 nitrogen and oxygen atoms in total. The number of allylic oxidation sites excluding steroid dienone is 1. The van der Waals surface area contributed by atoms with Gasteiger partial charge in [-0.15, -0.1) is 0 Å². The second-order valence-corrected chi connectivity index (χ2v) is 4.38. The molecule has 0 saturated carbocycles. The summed E-state index contributed by atoms with van der Waals surface area (Å²) in [7, 11) is 0. The maximum absolute atomic E-state index is 10.00. The van der Waals surface area contributed by atoms with E-state index >= 15 is 0 Å². The van der Waals surface area contributed by atoms with Crippen molar-refractivity contribution in [1.82, 2.24) is 0 Å². The van der Waals surface area contributed by atoms with Crippen molar-refractivity contribution in [3.05, 3.63) is 59.9 Å². The van der Waals surface area contributed by atoms with Crippen molar-refractivity contribution in [1.29, 1.82) is 0 Å². The van der Waals surface area contributed by atoms with E-state index in [9.17, 15) is 5.11 Å². The van der Waals surface area contributed by atoms with Gasteiger partial charge in [0, 0.05) is 6.42 Å². The Morgan fingerprint density at radius 3 is 2.65 bits per heavy atom. The van der Waals surface area contributed by atoms with Gasteiger partial charge in [0.1, 0.15) is 12.4 Å². The molecular weight excluding hydrogens is 212 g/mol. The number of ether oxygens (including phenoxy) is 1. The number of aliphatic hydroxyl groups is 1. The van der Waals surface area contributed by atoms with E-state index in [4.69, 9.17) is 4.74 Å². The van der Waals surface area contributed by atoms with E-state index in [1.165, 1.54) is 0 Å². The molecule has 0 radical (unpaired) electrons. The van der Waals surface area contributed by atoms with Crippen LogP contribution in [0, 0.1) is 0 Å². The number of hydrogen-bond acceptors (Lipinski definition) is 2. The van der Waals surface area contributed by atoms with Crippen molar-refractivity contribution in [2.75, 3.05) is 0 Å². The van der Waals surface area contributed by atoms with E-state index in [0.29, 0.717) is 13.0 Å². The first kappa shape index (κ1) is 11.9. The average Bonchev–Trinajstić information content (AvgIpc) is 2.39. The summed E-state index contributed by atoms with van der Waals surface area (Å²) in [5.74, 6) is 0.840. The van der Waals surface area contributed by atoms with Crippen LogP contribution in [-0.4, -0.2) is 10.7 Å². The zero-order valence-corrected chi connectivity index (χ0v) is 10.1. The summed E-state index contributed by atoms with van der Waals surface area (Å²) < 4.78 is 5.67. The van der Waals surface area contributed by atoms with Crippen molar-refractivity contribution in [3.63, 3.8) is 0 Å². The maximum Gasteiger partial charge on any atom is 0.115 e. The third-order valence-electron chi connectivity index (χ3n) is 3.08. The van der Waals surface area contributed by atoms with Crippen LogP contribution in [0.15, 0.2) is 54.3 Å². The van der Waals surface area contributed by atoms with Crippen LogP contribution in [-0.2, 0) is 11.3 Å². The summed E-state index contributed by atoms with van der Waals surface area (Å²) in [5.41, 5.74) is 0.470. The lowest BCUT2D eigenvalue weighted by Crippen LogP contribution is -2.25. The summed E-state index contributed by atoms with van der Waals surface area (Å²) in [5, 5.41) is 10.00. The highest BCUT2D eigenvalue weighted by Crippen LogP contribution is 2.24. The zero-order chi connectivity index (χ0) is 12.1. The molecule has 1 N–H and O–H groups in total. The minimum absolute atomic E-state index is 0.571. The Morgan fingerprint density at radius 2 is 2.06 bits per heavy atom. The minimum atomic E-state index is -0.681. The lowest BCUT2D eigenvalue weighted by Gasteiger charge is -2.24. The van der Waals surface area contributed by atoms with Crippen LogP contribution in [0.25, 0.3) is 0 Å². The molecule has 0 heterocycles. The average molecular weight is 230 g/mol. The van der Waals surface area contributed by atoms with Gasteiger partial charge in [0.15, 0.2) is 0 Å². The monoisotopic (exact) mass is 230 g/mol. The Labute approximate surface area is 102 Å². The fraction of sp³-hybridized carbons (Fsp3) is 0.333. The largest absolute Gasteiger partial charge is 0.489 e. The first-order valence-electron chi connectivity index (χ1n) is 6.00. The molecule has 90 valence electrons. The molecule has 0 saturated heterocycles. The van der Waals surface area contributed by atoms with E-state index < -0.39 is 5.60 Å². The van der Waals surface area contributed by atoms with Gasteiger partial charge in [-0.3, -0.25) is 0 Å². The standard InChI is InChI=1S/C15H18O2/c1-2-15(16)10-8-14(9-11-15)17-12-13-6-4-3-5-7-13/h3-10,16H,2,11-12H2,1H3. The highest BCUT2D eigenvalue weighted by molar-refractivity contribution is 5.24. The molecule has 0 bridgehead atoms. The molecule has 1 unspecified atom stereocenters. The van der Waals surface area contributed by atoms with Crippen LogP contribution in [0.1, 0.15) is 25.3 Å². The van der Waals surface area contributed by atoms with Gasteiger partial charge in [0.25, 0.3) is 0 Å². The van der Waals surface area contributed by atoms with Crippen molar-refractivity contribution >= 4 is 0 Å². The summed E-state index contributed by atoms with van der Waals surface area (Å²) in [6.45, 7) is 2.55. The Morgan fingerprint density at radius 1 is 1.29 bits per heavy atom. The minimum Gasteiger partial charge on any atom is -0.489 e. The highest BCUT2D eigenvalue weighted by atomic mass is 16.5. The SMILES string of the molecule is CCC1(O)C=CC(OCc2ccccc2)=CC1. The predicted octanol–water partition coefficient (Wildman–Crippen LogP) is 3.19. The van der Waals surface area contributed by atoms with Gasteiger partial charge in [0.05, 0.1) is 5.60 Å². The third kappa shape index (κ3) is 3.21. The zero-order valence-electron chi connectivity index (χ0n) is 10.1. The normalized spacial score (nSPS) is 23.3. The molecule has 1 aromatic rings. The second kappa shape index (κ2) is 5.19. The fourth-order valence-electron chi connectivity index (χ4n) is 1.76. The van der Waals surface area contributed by atoms with E-state index in [-0.39, 0.29) is 0 Å². The second-order valence-electron chi connectivity index (χ2n) is 4.38. The molecular formula is C15H18O2. The van der Waals surface area contributed by atoms with Crippen LogP contribution in [0.4, 0.5) is 0 Å². The smallest absolute Gasteiger partial charge is 0.115 e. The fourth-order valence-corrected chi connectivity index (χ4v) is 1.76.